The molecule has 4 rings (SSSR count). The molecule has 2 N–H and O–H groups in total. The molecular weight excluding hydrogens is 364 g/mol. The third kappa shape index (κ3) is 5.58. The van der Waals surface area contributed by atoms with E-state index in [0.717, 1.165) is 45.1 Å². The summed E-state index contributed by atoms with van der Waals surface area (Å²) in [6, 6.07) is 20.4. The van der Waals surface area contributed by atoms with Gasteiger partial charge in [0.25, 0.3) is 0 Å². The van der Waals surface area contributed by atoms with Gasteiger partial charge in [-0.2, -0.15) is 0 Å². The van der Waals surface area contributed by atoms with Gasteiger partial charge in [0.2, 0.25) is 0 Å². The molecule has 0 spiro atoms. The van der Waals surface area contributed by atoms with E-state index in [2.05, 4.69) is 47.0 Å². The van der Waals surface area contributed by atoms with Crippen molar-refractivity contribution in [2.75, 3.05) is 6.61 Å². The minimum atomic E-state index is -0.192. The molecule has 2 aromatic rings. The molecule has 4 atom stereocenters. The molecule has 0 radical (unpaired) electrons. The maximum Gasteiger partial charge on any atom is 0.315 e. The number of carbonyl (C=O) groups excluding carboxylic acids is 1. The topological polar surface area (TPSA) is 59.6 Å². The Labute approximate surface area is 172 Å². The molecule has 2 aliphatic heterocycles. The van der Waals surface area contributed by atoms with Gasteiger partial charge in [-0.15, -0.1) is 0 Å². The van der Waals surface area contributed by atoms with Crippen LogP contribution in [-0.4, -0.2) is 37.1 Å². The molecule has 2 saturated heterocycles. The molecule has 154 valence electrons. The minimum Gasteiger partial charge on any atom is -0.353 e. The molecule has 2 amide bonds. The Morgan fingerprint density at radius 2 is 1.59 bits per heavy atom. The van der Waals surface area contributed by atoms with Crippen LogP contribution < -0.4 is 10.6 Å². The fourth-order valence-electron chi connectivity index (χ4n) is 4.25. The van der Waals surface area contributed by atoms with Crippen molar-refractivity contribution in [1.82, 2.24) is 10.6 Å². The van der Waals surface area contributed by atoms with Gasteiger partial charge in [-0.3, -0.25) is 0 Å². The van der Waals surface area contributed by atoms with E-state index in [4.69, 9.17) is 9.47 Å². The Morgan fingerprint density at radius 1 is 0.897 bits per heavy atom. The standard InChI is InChI=1S/C24H30N2O3/c27-24-25-20(15-14-18-9-3-1-4-10-18)23(29-22-13-7-8-16-28-22)21(26-24)17-19-11-5-2-6-12-19/h1-6,9-12,20-23H,7-8,13-17H2,(H2,25,26,27)/t20-,21-,22?,23-/m1/s1. The van der Waals surface area contributed by atoms with Gasteiger partial charge in [0.1, 0.15) is 6.10 Å². The first-order chi connectivity index (χ1) is 14.3. The largest absolute Gasteiger partial charge is 0.353 e. The fourth-order valence-corrected chi connectivity index (χ4v) is 4.25. The number of hydrogen-bond donors (Lipinski definition) is 2. The summed E-state index contributed by atoms with van der Waals surface area (Å²) in [5, 5.41) is 6.21. The van der Waals surface area contributed by atoms with Crippen molar-refractivity contribution < 1.29 is 14.3 Å². The number of amides is 2. The molecule has 2 heterocycles. The van der Waals surface area contributed by atoms with Crippen molar-refractivity contribution in [1.29, 1.82) is 0 Å². The average Bonchev–Trinajstić information content (AvgIpc) is 2.76. The predicted molar refractivity (Wildman–Crippen MR) is 113 cm³/mol. The van der Waals surface area contributed by atoms with E-state index in [0.29, 0.717) is 0 Å². The van der Waals surface area contributed by atoms with E-state index in [-0.39, 0.29) is 30.5 Å². The van der Waals surface area contributed by atoms with Crippen LogP contribution in [0.25, 0.3) is 0 Å². The number of urea groups is 1. The van der Waals surface area contributed by atoms with Crippen LogP contribution in [0.1, 0.15) is 36.8 Å². The summed E-state index contributed by atoms with van der Waals surface area (Å²) in [4.78, 5) is 12.4. The maximum atomic E-state index is 12.4. The number of ether oxygens (including phenoxy) is 2. The van der Waals surface area contributed by atoms with Crippen LogP contribution in [0.15, 0.2) is 60.7 Å². The average molecular weight is 395 g/mol. The summed E-state index contributed by atoms with van der Waals surface area (Å²) in [5.41, 5.74) is 2.47. The lowest BCUT2D eigenvalue weighted by atomic mass is 9.91. The smallest absolute Gasteiger partial charge is 0.315 e. The Kier molecular flexibility index (Phi) is 6.80. The number of benzene rings is 2. The van der Waals surface area contributed by atoms with Gasteiger partial charge in [-0.1, -0.05) is 60.7 Å². The number of carbonyl (C=O) groups is 1. The summed E-state index contributed by atoms with van der Waals surface area (Å²) < 4.78 is 12.3. The van der Waals surface area contributed by atoms with Crippen LogP contribution in [0, 0.1) is 0 Å². The van der Waals surface area contributed by atoms with Crippen LogP contribution in [0.5, 0.6) is 0 Å². The molecule has 5 heteroatoms. The molecule has 0 aromatic heterocycles. The van der Waals surface area contributed by atoms with E-state index in [9.17, 15) is 4.79 Å². The van der Waals surface area contributed by atoms with Crippen molar-refractivity contribution >= 4 is 6.03 Å². The van der Waals surface area contributed by atoms with Crippen molar-refractivity contribution in [2.45, 2.75) is 63.0 Å². The summed E-state index contributed by atoms with van der Waals surface area (Å²) in [6.07, 6.45) is 5.26. The predicted octanol–water partition coefficient (Wildman–Crippen LogP) is 3.82. The van der Waals surface area contributed by atoms with E-state index in [1.807, 2.05) is 24.3 Å². The molecule has 2 aliphatic rings. The second-order valence-corrected chi connectivity index (χ2v) is 7.94. The first kappa shape index (κ1) is 19.9. The number of aryl methyl sites for hydroxylation is 1. The van der Waals surface area contributed by atoms with Crippen LogP contribution >= 0.6 is 0 Å². The Morgan fingerprint density at radius 3 is 2.28 bits per heavy atom. The number of hydrogen-bond acceptors (Lipinski definition) is 3. The molecule has 0 bridgehead atoms. The molecule has 0 saturated carbocycles. The summed E-state index contributed by atoms with van der Waals surface area (Å²) in [6.45, 7) is 0.745. The van der Waals surface area contributed by atoms with Crippen LogP contribution in [-0.2, 0) is 22.3 Å². The normalized spacial score (nSPS) is 27.1. The van der Waals surface area contributed by atoms with Gasteiger partial charge in [-0.05, 0) is 49.7 Å². The Hall–Kier alpha value is -2.37. The number of nitrogens with one attached hydrogen (secondary N) is 2. The highest BCUT2D eigenvalue weighted by Crippen LogP contribution is 2.24. The molecule has 0 aliphatic carbocycles. The second kappa shape index (κ2) is 9.90. The van der Waals surface area contributed by atoms with Crippen LogP contribution in [0.4, 0.5) is 4.79 Å². The molecular formula is C24H30N2O3. The fraction of sp³-hybridized carbons (Fsp3) is 0.458. The van der Waals surface area contributed by atoms with Crippen LogP contribution in [0.2, 0.25) is 0 Å². The van der Waals surface area contributed by atoms with Crippen molar-refractivity contribution in [2.24, 2.45) is 0 Å². The molecule has 2 fully saturated rings. The Balaban J connectivity index is 1.50. The highest BCUT2D eigenvalue weighted by molar-refractivity contribution is 5.76. The first-order valence-corrected chi connectivity index (χ1v) is 10.7. The zero-order valence-electron chi connectivity index (χ0n) is 16.8. The zero-order valence-corrected chi connectivity index (χ0v) is 16.8. The summed E-state index contributed by atoms with van der Waals surface area (Å²) >= 11 is 0. The van der Waals surface area contributed by atoms with Gasteiger partial charge >= 0.3 is 6.03 Å². The summed E-state index contributed by atoms with van der Waals surface area (Å²) in [5.74, 6) is 0. The van der Waals surface area contributed by atoms with E-state index in [1.165, 1.54) is 11.1 Å². The zero-order chi connectivity index (χ0) is 19.9. The maximum absolute atomic E-state index is 12.4. The highest BCUT2D eigenvalue weighted by atomic mass is 16.7. The minimum absolute atomic E-state index is 0.0526. The second-order valence-electron chi connectivity index (χ2n) is 7.94. The van der Waals surface area contributed by atoms with Crippen molar-refractivity contribution in [3.05, 3.63) is 71.8 Å². The lowest BCUT2D eigenvalue weighted by Crippen LogP contribution is -2.65. The molecule has 1 unspecified atom stereocenters. The van der Waals surface area contributed by atoms with Crippen molar-refractivity contribution in [3.63, 3.8) is 0 Å². The lowest BCUT2D eigenvalue weighted by Gasteiger charge is -2.41. The highest BCUT2D eigenvalue weighted by Gasteiger charge is 2.39. The van der Waals surface area contributed by atoms with E-state index < -0.39 is 0 Å². The van der Waals surface area contributed by atoms with Gasteiger partial charge in [0.05, 0.1) is 12.1 Å². The monoisotopic (exact) mass is 394 g/mol. The van der Waals surface area contributed by atoms with Crippen molar-refractivity contribution in [3.8, 4) is 0 Å². The van der Waals surface area contributed by atoms with E-state index in [1.54, 1.807) is 0 Å². The summed E-state index contributed by atoms with van der Waals surface area (Å²) in [7, 11) is 0. The third-order valence-corrected chi connectivity index (χ3v) is 5.76. The SMILES string of the molecule is O=C1N[C@H](CCc2ccccc2)[C@@H](OC2CCCCO2)[C@@H](Cc2ccccc2)N1. The van der Waals surface area contributed by atoms with Gasteiger partial charge in [0.15, 0.2) is 6.29 Å². The van der Waals surface area contributed by atoms with Gasteiger partial charge in [-0.25, -0.2) is 4.79 Å². The first-order valence-electron chi connectivity index (χ1n) is 10.7. The third-order valence-electron chi connectivity index (χ3n) is 5.76. The Bertz CT molecular complexity index is 762. The van der Waals surface area contributed by atoms with Gasteiger partial charge in [0, 0.05) is 6.61 Å². The molecule has 2 aromatic carbocycles. The van der Waals surface area contributed by atoms with E-state index >= 15 is 0 Å². The quantitative estimate of drug-likeness (QED) is 0.750. The van der Waals surface area contributed by atoms with Crippen LogP contribution in [0.3, 0.4) is 0 Å². The molecule has 5 nitrogen and oxygen atoms in total. The molecule has 29 heavy (non-hydrogen) atoms. The van der Waals surface area contributed by atoms with Gasteiger partial charge < -0.3 is 20.1 Å². The lowest BCUT2D eigenvalue weighted by molar-refractivity contribution is -0.201. The number of rotatable bonds is 7.